The molecule has 4 aromatic rings. The third-order valence-corrected chi connectivity index (χ3v) is 6.75. The lowest BCUT2D eigenvalue weighted by Crippen LogP contribution is -2.18. The molecule has 1 aromatic heterocycles. The average molecular weight is 469 g/mol. The maximum atomic E-state index is 13.0. The fourth-order valence-electron chi connectivity index (χ4n) is 3.25. The van der Waals surface area contributed by atoms with Gasteiger partial charge in [0, 0.05) is 20.8 Å². The molecule has 156 valence electrons. The van der Waals surface area contributed by atoms with E-state index >= 15 is 0 Å². The van der Waals surface area contributed by atoms with E-state index in [2.05, 4.69) is 10.6 Å². The third kappa shape index (κ3) is 4.44. The number of nitrogens with one attached hydrogen (secondary N) is 2. The van der Waals surface area contributed by atoms with Crippen molar-refractivity contribution in [3.63, 3.8) is 0 Å². The molecule has 2 amide bonds. The summed E-state index contributed by atoms with van der Waals surface area (Å²) in [5.41, 5.74) is 3.17. The van der Waals surface area contributed by atoms with Crippen molar-refractivity contribution in [2.75, 3.05) is 10.6 Å². The van der Waals surface area contributed by atoms with Gasteiger partial charge in [0.15, 0.2) is 0 Å². The molecule has 1 heterocycles. The van der Waals surface area contributed by atoms with Gasteiger partial charge in [0.05, 0.1) is 16.3 Å². The SMILES string of the molecule is Cc1ccc(NC(=O)c2sc3ccccc3c2Cl)c(C(=O)Nc2ccc(Cl)cc2C)c1. The number of carbonyl (C=O) groups excluding carboxylic acids is 2. The summed E-state index contributed by atoms with van der Waals surface area (Å²) in [6.45, 7) is 3.75. The van der Waals surface area contributed by atoms with Gasteiger partial charge >= 0.3 is 0 Å². The number of amides is 2. The molecule has 4 nitrogen and oxygen atoms in total. The van der Waals surface area contributed by atoms with Crippen LogP contribution in [0, 0.1) is 13.8 Å². The number of thiophene rings is 1. The van der Waals surface area contributed by atoms with Crippen LogP contribution in [-0.4, -0.2) is 11.8 Å². The van der Waals surface area contributed by atoms with Crippen molar-refractivity contribution in [2.24, 2.45) is 0 Å². The van der Waals surface area contributed by atoms with Crippen LogP contribution in [0.25, 0.3) is 10.1 Å². The molecule has 4 rings (SSSR count). The van der Waals surface area contributed by atoms with Crippen LogP contribution >= 0.6 is 34.5 Å². The number of carbonyl (C=O) groups is 2. The van der Waals surface area contributed by atoms with Crippen LogP contribution in [0.5, 0.6) is 0 Å². The van der Waals surface area contributed by atoms with E-state index in [-0.39, 0.29) is 11.8 Å². The van der Waals surface area contributed by atoms with E-state index in [1.807, 2.05) is 44.2 Å². The molecular weight excluding hydrogens is 451 g/mol. The van der Waals surface area contributed by atoms with Crippen molar-refractivity contribution >= 4 is 67.8 Å². The third-order valence-electron chi connectivity index (χ3n) is 4.85. The van der Waals surface area contributed by atoms with Crippen LogP contribution in [-0.2, 0) is 0 Å². The van der Waals surface area contributed by atoms with Gasteiger partial charge in [-0.1, -0.05) is 53.0 Å². The van der Waals surface area contributed by atoms with Crippen molar-refractivity contribution in [2.45, 2.75) is 13.8 Å². The second-order valence-electron chi connectivity index (χ2n) is 7.16. The van der Waals surface area contributed by atoms with Crippen molar-refractivity contribution < 1.29 is 9.59 Å². The Balaban J connectivity index is 1.64. The van der Waals surface area contributed by atoms with Gasteiger partial charge in [0.1, 0.15) is 4.88 Å². The quantitative estimate of drug-likeness (QED) is 0.329. The summed E-state index contributed by atoms with van der Waals surface area (Å²) in [5, 5.41) is 7.59. The minimum absolute atomic E-state index is 0.327. The lowest BCUT2D eigenvalue weighted by atomic mass is 10.1. The lowest BCUT2D eigenvalue weighted by Gasteiger charge is -2.13. The predicted octanol–water partition coefficient (Wildman–Crippen LogP) is 7.33. The molecule has 0 saturated carbocycles. The Hall–Kier alpha value is -2.86. The molecule has 0 fully saturated rings. The summed E-state index contributed by atoms with van der Waals surface area (Å²) in [6, 6.07) is 18.1. The molecule has 0 atom stereocenters. The zero-order valence-electron chi connectivity index (χ0n) is 16.8. The standard InChI is InChI=1S/C24H18Cl2N2O2S/c1-13-7-9-19(17(11-13)23(29)27-18-10-8-15(25)12-14(18)2)28-24(30)22-21(26)16-5-3-4-6-20(16)31-22/h3-12H,1-2H3,(H,27,29)(H,28,30). The molecule has 3 aromatic carbocycles. The normalized spacial score (nSPS) is 10.8. The van der Waals surface area contributed by atoms with Gasteiger partial charge in [0.2, 0.25) is 0 Å². The molecule has 0 bridgehead atoms. The number of hydrogen-bond donors (Lipinski definition) is 2. The minimum Gasteiger partial charge on any atom is -0.322 e. The zero-order valence-corrected chi connectivity index (χ0v) is 19.1. The maximum Gasteiger partial charge on any atom is 0.267 e. The molecule has 0 unspecified atom stereocenters. The topological polar surface area (TPSA) is 58.2 Å². The Labute approximate surface area is 193 Å². The van der Waals surface area contributed by atoms with Crippen molar-refractivity contribution in [1.29, 1.82) is 0 Å². The Morgan fingerprint density at radius 2 is 1.55 bits per heavy atom. The van der Waals surface area contributed by atoms with E-state index < -0.39 is 0 Å². The largest absolute Gasteiger partial charge is 0.322 e. The van der Waals surface area contributed by atoms with Crippen LogP contribution < -0.4 is 10.6 Å². The molecule has 0 spiro atoms. The molecule has 0 aliphatic carbocycles. The van der Waals surface area contributed by atoms with Gasteiger partial charge in [-0.2, -0.15) is 0 Å². The van der Waals surface area contributed by atoms with Crippen molar-refractivity contribution in [3.05, 3.63) is 92.3 Å². The number of anilines is 2. The van der Waals surface area contributed by atoms with E-state index in [0.717, 1.165) is 21.2 Å². The van der Waals surface area contributed by atoms with Crippen molar-refractivity contribution in [1.82, 2.24) is 0 Å². The molecule has 7 heteroatoms. The summed E-state index contributed by atoms with van der Waals surface area (Å²) in [5.74, 6) is -0.682. The highest BCUT2D eigenvalue weighted by atomic mass is 35.5. The Bertz CT molecular complexity index is 1330. The molecule has 2 N–H and O–H groups in total. The monoisotopic (exact) mass is 468 g/mol. The van der Waals surface area contributed by atoms with Gasteiger partial charge in [0.25, 0.3) is 11.8 Å². The van der Waals surface area contributed by atoms with Gasteiger partial charge < -0.3 is 10.6 Å². The highest BCUT2D eigenvalue weighted by Gasteiger charge is 2.20. The van der Waals surface area contributed by atoms with E-state index in [1.165, 1.54) is 11.3 Å². The lowest BCUT2D eigenvalue weighted by molar-refractivity contribution is 0.102. The van der Waals surface area contributed by atoms with E-state index in [1.54, 1.807) is 30.3 Å². The first kappa shape index (κ1) is 21.4. The predicted molar refractivity (Wildman–Crippen MR) is 130 cm³/mol. The van der Waals surface area contributed by atoms with Crippen LogP contribution in [0.4, 0.5) is 11.4 Å². The van der Waals surface area contributed by atoms with Crippen LogP contribution in [0.15, 0.2) is 60.7 Å². The van der Waals surface area contributed by atoms with Crippen molar-refractivity contribution in [3.8, 4) is 0 Å². The number of fused-ring (bicyclic) bond motifs is 1. The van der Waals surface area contributed by atoms with Gasteiger partial charge in [-0.15, -0.1) is 11.3 Å². The average Bonchev–Trinajstić information content (AvgIpc) is 3.08. The second-order valence-corrected chi connectivity index (χ2v) is 9.02. The number of halogens is 2. The Kier molecular flexibility index (Phi) is 6.01. The first-order valence-electron chi connectivity index (χ1n) is 9.50. The van der Waals surface area contributed by atoms with Gasteiger partial charge in [-0.25, -0.2) is 0 Å². The van der Waals surface area contributed by atoms with Crippen LogP contribution in [0.2, 0.25) is 10.0 Å². The summed E-state index contributed by atoms with van der Waals surface area (Å²) in [7, 11) is 0. The first-order chi connectivity index (χ1) is 14.8. The van der Waals surface area contributed by atoms with Gasteiger partial charge in [-0.05, 0) is 55.8 Å². The van der Waals surface area contributed by atoms with E-state index in [4.69, 9.17) is 23.2 Å². The zero-order chi connectivity index (χ0) is 22.1. The summed E-state index contributed by atoms with van der Waals surface area (Å²) in [6.07, 6.45) is 0. The molecule has 31 heavy (non-hydrogen) atoms. The number of rotatable bonds is 4. The molecule has 0 aliphatic rings. The summed E-state index contributed by atoms with van der Waals surface area (Å²) >= 11 is 13.8. The highest BCUT2D eigenvalue weighted by Crippen LogP contribution is 2.35. The summed E-state index contributed by atoms with van der Waals surface area (Å²) < 4.78 is 0.928. The smallest absolute Gasteiger partial charge is 0.267 e. The number of hydrogen-bond acceptors (Lipinski definition) is 3. The maximum absolute atomic E-state index is 13.0. The minimum atomic E-state index is -0.355. The summed E-state index contributed by atoms with van der Waals surface area (Å²) in [4.78, 5) is 26.4. The molecule has 0 saturated heterocycles. The van der Waals surface area contributed by atoms with Crippen LogP contribution in [0.3, 0.4) is 0 Å². The first-order valence-corrected chi connectivity index (χ1v) is 11.1. The second kappa shape index (κ2) is 8.71. The van der Waals surface area contributed by atoms with Crippen LogP contribution in [0.1, 0.15) is 31.2 Å². The number of aryl methyl sites for hydroxylation is 2. The fourth-order valence-corrected chi connectivity index (χ4v) is 4.89. The van der Waals surface area contributed by atoms with E-state index in [0.29, 0.717) is 31.9 Å². The van der Waals surface area contributed by atoms with Gasteiger partial charge in [-0.3, -0.25) is 9.59 Å². The molecule has 0 radical (unpaired) electrons. The van der Waals surface area contributed by atoms with E-state index in [9.17, 15) is 9.59 Å². The Morgan fingerprint density at radius 1 is 0.839 bits per heavy atom. The molecule has 0 aliphatic heterocycles. The fraction of sp³-hybridized carbons (Fsp3) is 0.0833. The highest BCUT2D eigenvalue weighted by molar-refractivity contribution is 7.21. The Morgan fingerprint density at radius 3 is 2.29 bits per heavy atom. The number of benzene rings is 3. The molecular formula is C24H18Cl2N2O2S.